The number of hydrogen-bond acceptors (Lipinski definition) is 5. The van der Waals surface area contributed by atoms with Crippen LogP contribution in [0.25, 0.3) is 0 Å². The molecule has 0 bridgehead atoms. The highest BCUT2D eigenvalue weighted by atomic mass is 16.3. The number of fused-ring (bicyclic) bond motifs is 1. The van der Waals surface area contributed by atoms with Gasteiger partial charge in [-0.25, -0.2) is 0 Å². The van der Waals surface area contributed by atoms with E-state index in [1.54, 1.807) is 59.8 Å². The van der Waals surface area contributed by atoms with E-state index in [1.165, 1.54) is 6.26 Å². The highest BCUT2D eigenvalue weighted by molar-refractivity contribution is 6.39. The summed E-state index contributed by atoms with van der Waals surface area (Å²) in [5, 5.41) is 5.19. The first-order valence-electron chi connectivity index (χ1n) is 9.58. The Hall–Kier alpha value is -3.94. The van der Waals surface area contributed by atoms with Crippen molar-refractivity contribution < 1.29 is 18.8 Å². The molecule has 152 valence electrons. The van der Waals surface area contributed by atoms with Crippen LogP contribution >= 0.6 is 0 Å². The summed E-state index contributed by atoms with van der Waals surface area (Å²) in [6, 6.07) is 12.1. The van der Waals surface area contributed by atoms with Crippen LogP contribution in [0.4, 0.5) is 11.4 Å². The number of aromatic nitrogens is 1. The maximum atomic E-state index is 12.7. The molecule has 1 aliphatic rings. The summed E-state index contributed by atoms with van der Waals surface area (Å²) < 4.78 is 5.23. The van der Waals surface area contributed by atoms with Crippen LogP contribution in [0.1, 0.15) is 28.1 Å². The lowest BCUT2D eigenvalue weighted by atomic mass is 10.0. The second-order valence-corrected chi connectivity index (χ2v) is 6.87. The molecule has 3 heterocycles. The third kappa shape index (κ3) is 4.22. The maximum Gasteiger partial charge on any atom is 0.313 e. The van der Waals surface area contributed by atoms with Gasteiger partial charge < -0.3 is 20.0 Å². The SMILES string of the molecule is O=C(NCc1ccncc1)C(=O)Nc1ccc2c(c1)CCCN2C(=O)c1ccco1. The van der Waals surface area contributed by atoms with Gasteiger partial charge in [0.1, 0.15) is 0 Å². The minimum atomic E-state index is -0.747. The number of furan rings is 1. The Balaban J connectivity index is 1.41. The van der Waals surface area contributed by atoms with Gasteiger partial charge in [0.2, 0.25) is 0 Å². The molecule has 0 unspecified atom stereocenters. The van der Waals surface area contributed by atoms with Gasteiger partial charge in [0, 0.05) is 36.9 Å². The Morgan fingerprint density at radius 1 is 1.07 bits per heavy atom. The van der Waals surface area contributed by atoms with Crippen molar-refractivity contribution in [3.63, 3.8) is 0 Å². The molecule has 0 saturated heterocycles. The van der Waals surface area contributed by atoms with E-state index in [4.69, 9.17) is 4.42 Å². The van der Waals surface area contributed by atoms with Crippen molar-refractivity contribution in [2.45, 2.75) is 19.4 Å². The monoisotopic (exact) mass is 404 g/mol. The number of nitrogens with one attached hydrogen (secondary N) is 2. The van der Waals surface area contributed by atoms with E-state index in [-0.39, 0.29) is 18.2 Å². The Morgan fingerprint density at radius 2 is 1.90 bits per heavy atom. The maximum absolute atomic E-state index is 12.7. The summed E-state index contributed by atoms with van der Waals surface area (Å²) in [6.07, 6.45) is 6.28. The van der Waals surface area contributed by atoms with Crippen molar-refractivity contribution in [2.24, 2.45) is 0 Å². The van der Waals surface area contributed by atoms with E-state index in [2.05, 4.69) is 15.6 Å². The third-order valence-corrected chi connectivity index (χ3v) is 4.84. The summed E-state index contributed by atoms with van der Waals surface area (Å²) in [7, 11) is 0. The number of benzene rings is 1. The van der Waals surface area contributed by atoms with Gasteiger partial charge in [0.05, 0.1) is 6.26 Å². The molecule has 0 saturated carbocycles. The van der Waals surface area contributed by atoms with Gasteiger partial charge in [-0.1, -0.05) is 0 Å². The summed E-state index contributed by atoms with van der Waals surface area (Å²) in [5.74, 6) is -1.39. The van der Waals surface area contributed by atoms with Crippen LogP contribution in [-0.4, -0.2) is 29.3 Å². The van der Waals surface area contributed by atoms with Crippen molar-refractivity contribution >= 4 is 29.1 Å². The molecule has 3 aromatic rings. The molecule has 0 atom stereocenters. The highest BCUT2D eigenvalue weighted by Gasteiger charge is 2.25. The van der Waals surface area contributed by atoms with Crippen LogP contribution in [0.5, 0.6) is 0 Å². The molecule has 4 rings (SSSR count). The molecule has 30 heavy (non-hydrogen) atoms. The molecule has 1 aliphatic heterocycles. The van der Waals surface area contributed by atoms with E-state index in [0.717, 1.165) is 29.7 Å². The van der Waals surface area contributed by atoms with Gasteiger partial charge in [0.25, 0.3) is 5.91 Å². The average Bonchev–Trinajstić information content (AvgIpc) is 3.32. The first kappa shape index (κ1) is 19.4. The van der Waals surface area contributed by atoms with E-state index < -0.39 is 11.8 Å². The number of pyridine rings is 1. The molecule has 8 nitrogen and oxygen atoms in total. The van der Waals surface area contributed by atoms with E-state index in [1.807, 2.05) is 0 Å². The van der Waals surface area contributed by atoms with Gasteiger partial charge in [-0.2, -0.15) is 0 Å². The van der Waals surface area contributed by atoms with Crippen molar-refractivity contribution in [2.75, 3.05) is 16.8 Å². The number of carbonyl (C=O) groups is 3. The fourth-order valence-electron chi connectivity index (χ4n) is 3.37. The Morgan fingerprint density at radius 3 is 2.67 bits per heavy atom. The zero-order valence-electron chi connectivity index (χ0n) is 16.1. The van der Waals surface area contributed by atoms with Crippen LogP contribution in [0.2, 0.25) is 0 Å². The first-order chi connectivity index (χ1) is 14.6. The molecule has 3 amide bonds. The second-order valence-electron chi connectivity index (χ2n) is 6.87. The Kier molecular flexibility index (Phi) is 5.56. The molecule has 1 aromatic carbocycles. The number of hydrogen-bond donors (Lipinski definition) is 2. The van der Waals surface area contributed by atoms with Crippen LogP contribution < -0.4 is 15.5 Å². The Labute approximate surface area is 172 Å². The lowest BCUT2D eigenvalue weighted by Gasteiger charge is -2.29. The summed E-state index contributed by atoms with van der Waals surface area (Å²) >= 11 is 0. The van der Waals surface area contributed by atoms with Crippen molar-refractivity contribution in [3.05, 3.63) is 78.0 Å². The van der Waals surface area contributed by atoms with Crippen LogP contribution in [0, 0.1) is 0 Å². The van der Waals surface area contributed by atoms with E-state index in [0.29, 0.717) is 12.2 Å². The minimum Gasteiger partial charge on any atom is -0.459 e. The van der Waals surface area contributed by atoms with Crippen molar-refractivity contribution in [1.29, 1.82) is 0 Å². The molecule has 0 fully saturated rings. The number of anilines is 2. The molecule has 2 N–H and O–H groups in total. The smallest absolute Gasteiger partial charge is 0.313 e. The molecular formula is C22H20N4O4. The van der Waals surface area contributed by atoms with Gasteiger partial charge in [-0.15, -0.1) is 0 Å². The van der Waals surface area contributed by atoms with Crippen molar-refractivity contribution in [3.8, 4) is 0 Å². The van der Waals surface area contributed by atoms with Gasteiger partial charge in [0.15, 0.2) is 5.76 Å². The zero-order chi connectivity index (χ0) is 20.9. The normalized spacial score (nSPS) is 12.7. The average molecular weight is 404 g/mol. The predicted molar refractivity (Wildman–Crippen MR) is 110 cm³/mol. The largest absolute Gasteiger partial charge is 0.459 e. The fourth-order valence-corrected chi connectivity index (χ4v) is 3.37. The number of rotatable bonds is 4. The summed E-state index contributed by atoms with van der Waals surface area (Å²) in [4.78, 5) is 42.5. The number of aryl methyl sites for hydroxylation is 1. The fraction of sp³-hybridized carbons (Fsp3) is 0.182. The highest BCUT2D eigenvalue weighted by Crippen LogP contribution is 2.31. The molecule has 8 heteroatoms. The molecule has 2 aromatic heterocycles. The number of amides is 3. The number of carbonyl (C=O) groups excluding carboxylic acids is 3. The van der Waals surface area contributed by atoms with Crippen LogP contribution in [-0.2, 0) is 22.6 Å². The second kappa shape index (κ2) is 8.60. The molecular weight excluding hydrogens is 384 g/mol. The topological polar surface area (TPSA) is 105 Å². The zero-order valence-corrected chi connectivity index (χ0v) is 16.1. The lowest BCUT2D eigenvalue weighted by molar-refractivity contribution is -0.136. The third-order valence-electron chi connectivity index (χ3n) is 4.84. The number of nitrogens with zero attached hydrogens (tertiary/aromatic N) is 2. The minimum absolute atomic E-state index is 0.201. The summed E-state index contributed by atoms with van der Waals surface area (Å²) in [5.41, 5.74) is 3.06. The standard InChI is InChI=1S/C22H20N4O4/c27-20(24-14-15-7-9-23-10-8-15)21(28)25-17-5-6-18-16(13-17)3-1-11-26(18)22(29)19-4-2-12-30-19/h2,4-10,12-13H,1,3,11,14H2,(H,24,27)(H,25,28). The van der Waals surface area contributed by atoms with Crippen molar-refractivity contribution in [1.82, 2.24) is 10.3 Å². The van der Waals surface area contributed by atoms with Crippen LogP contribution in [0.3, 0.4) is 0 Å². The van der Waals surface area contributed by atoms with Gasteiger partial charge in [-0.3, -0.25) is 19.4 Å². The van der Waals surface area contributed by atoms with Crippen LogP contribution in [0.15, 0.2) is 65.5 Å². The first-order valence-corrected chi connectivity index (χ1v) is 9.58. The van der Waals surface area contributed by atoms with E-state index in [9.17, 15) is 14.4 Å². The molecule has 0 radical (unpaired) electrons. The van der Waals surface area contributed by atoms with E-state index >= 15 is 0 Å². The van der Waals surface area contributed by atoms with Gasteiger partial charge >= 0.3 is 11.8 Å². The molecule has 0 aliphatic carbocycles. The summed E-state index contributed by atoms with van der Waals surface area (Å²) in [6.45, 7) is 0.832. The lowest BCUT2D eigenvalue weighted by Crippen LogP contribution is -2.36. The molecule has 0 spiro atoms. The predicted octanol–water partition coefficient (Wildman–Crippen LogP) is 2.52. The quantitative estimate of drug-likeness (QED) is 0.650. The Bertz CT molecular complexity index is 1060. The van der Waals surface area contributed by atoms with Gasteiger partial charge in [-0.05, 0) is 66.4 Å².